The largest absolute Gasteiger partial charge is 0.481 e. The smallest absolute Gasteiger partial charge is 0.305 e. The number of nitrogen functional groups attached to an aromatic ring is 1. The van der Waals surface area contributed by atoms with Crippen LogP contribution in [0, 0.1) is 0 Å². The Morgan fingerprint density at radius 2 is 1.77 bits per heavy atom. The highest BCUT2D eigenvalue weighted by Gasteiger charge is 2.17. The molecule has 0 spiro atoms. The third-order valence-corrected chi connectivity index (χ3v) is 3.23. The van der Waals surface area contributed by atoms with Gasteiger partial charge in [0.15, 0.2) is 0 Å². The Morgan fingerprint density at radius 1 is 1.05 bits per heavy atom. The molecule has 0 saturated carbocycles. The Morgan fingerprint density at radius 3 is 2.41 bits per heavy atom. The molecule has 0 atom stereocenters. The second-order valence-electron chi connectivity index (χ2n) is 4.98. The maximum Gasteiger partial charge on any atom is 0.305 e. The molecule has 1 amide bonds. The zero-order valence-corrected chi connectivity index (χ0v) is 12.1. The van der Waals surface area contributed by atoms with Gasteiger partial charge in [0.1, 0.15) is 0 Å². The number of carbonyl (C=O) groups is 2. The van der Waals surface area contributed by atoms with Crippen LogP contribution in [0.3, 0.4) is 0 Å². The zero-order valence-electron chi connectivity index (χ0n) is 12.1. The lowest BCUT2D eigenvalue weighted by molar-refractivity contribution is -0.137. The van der Waals surface area contributed by atoms with E-state index in [4.69, 9.17) is 10.8 Å². The summed E-state index contributed by atoms with van der Waals surface area (Å²) >= 11 is 0. The molecule has 2 aromatic carbocycles. The number of carbonyl (C=O) groups excluding carboxylic acids is 1. The van der Waals surface area contributed by atoms with Gasteiger partial charge in [-0.2, -0.15) is 0 Å². The third-order valence-electron chi connectivity index (χ3n) is 3.23. The first-order valence-corrected chi connectivity index (χ1v) is 6.97. The van der Waals surface area contributed by atoms with Crippen molar-refractivity contribution in [1.29, 1.82) is 0 Å². The van der Waals surface area contributed by atoms with Crippen LogP contribution in [0.2, 0.25) is 0 Å². The average Bonchev–Trinajstić information content (AvgIpc) is 2.51. The molecule has 22 heavy (non-hydrogen) atoms. The van der Waals surface area contributed by atoms with Crippen LogP contribution in [0.5, 0.6) is 0 Å². The van der Waals surface area contributed by atoms with Crippen molar-refractivity contribution >= 4 is 17.6 Å². The highest BCUT2D eigenvalue weighted by molar-refractivity contribution is 5.95. The number of anilines is 1. The molecule has 114 valence electrons. The molecular weight excluding hydrogens is 280 g/mol. The number of hydrogen-bond acceptors (Lipinski definition) is 3. The van der Waals surface area contributed by atoms with Crippen LogP contribution < -0.4 is 5.73 Å². The molecule has 0 aliphatic rings. The van der Waals surface area contributed by atoms with Gasteiger partial charge in [0.2, 0.25) is 0 Å². The van der Waals surface area contributed by atoms with Gasteiger partial charge < -0.3 is 15.7 Å². The first-order chi connectivity index (χ1) is 10.6. The highest BCUT2D eigenvalue weighted by atomic mass is 16.4. The summed E-state index contributed by atoms with van der Waals surface area (Å²) in [6, 6.07) is 16.2. The number of hydrogen-bond donors (Lipinski definition) is 2. The van der Waals surface area contributed by atoms with E-state index in [-0.39, 0.29) is 18.9 Å². The summed E-state index contributed by atoms with van der Waals surface area (Å²) < 4.78 is 0. The Hall–Kier alpha value is -2.82. The molecule has 0 heterocycles. The predicted molar refractivity (Wildman–Crippen MR) is 84.3 cm³/mol. The molecule has 0 saturated heterocycles. The number of nitrogens with two attached hydrogens (primary N) is 1. The minimum Gasteiger partial charge on any atom is -0.481 e. The number of carboxylic acids is 1. The van der Waals surface area contributed by atoms with E-state index >= 15 is 0 Å². The summed E-state index contributed by atoms with van der Waals surface area (Å²) in [6.45, 7) is 0.514. The van der Waals surface area contributed by atoms with E-state index in [0.717, 1.165) is 5.56 Å². The lowest BCUT2D eigenvalue weighted by atomic mass is 10.1. The molecule has 2 aromatic rings. The third kappa shape index (κ3) is 4.34. The van der Waals surface area contributed by atoms with Gasteiger partial charge in [0.25, 0.3) is 5.91 Å². The number of aliphatic carboxylic acids is 1. The summed E-state index contributed by atoms with van der Waals surface area (Å²) in [5.41, 5.74) is 7.62. The number of nitrogens with zero attached hydrogens (tertiary/aromatic N) is 1. The second kappa shape index (κ2) is 7.26. The van der Waals surface area contributed by atoms with Crippen LogP contribution in [-0.4, -0.2) is 28.4 Å². The molecule has 0 aromatic heterocycles. The van der Waals surface area contributed by atoms with Crippen molar-refractivity contribution in [3.8, 4) is 0 Å². The van der Waals surface area contributed by atoms with E-state index in [1.54, 1.807) is 24.3 Å². The topological polar surface area (TPSA) is 83.6 Å². The fourth-order valence-electron chi connectivity index (χ4n) is 2.14. The lowest BCUT2D eigenvalue weighted by Gasteiger charge is -2.22. The van der Waals surface area contributed by atoms with Crippen LogP contribution in [0.1, 0.15) is 22.3 Å². The fourth-order valence-corrected chi connectivity index (χ4v) is 2.14. The van der Waals surface area contributed by atoms with Crippen LogP contribution in [0.15, 0.2) is 54.6 Å². The molecule has 3 N–H and O–H groups in total. The van der Waals surface area contributed by atoms with Gasteiger partial charge >= 0.3 is 5.97 Å². The summed E-state index contributed by atoms with van der Waals surface area (Å²) in [5, 5.41) is 8.87. The number of amides is 1. The van der Waals surface area contributed by atoms with E-state index in [9.17, 15) is 9.59 Å². The van der Waals surface area contributed by atoms with E-state index < -0.39 is 5.97 Å². The summed E-state index contributed by atoms with van der Waals surface area (Å²) in [4.78, 5) is 24.9. The Kier molecular flexibility index (Phi) is 5.14. The van der Waals surface area contributed by atoms with Gasteiger partial charge in [0.05, 0.1) is 6.42 Å². The summed E-state index contributed by atoms with van der Waals surface area (Å²) in [5.74, 6) is -1.16. The van der Waals surface area contributed by atoms with E-state index in [0.29, 0.717) is 17.8 Å². The molecule has 0 aliphatic carbocycles. The highest BCUT2D eigenvalue weighted by Crippen LogP contribution is 2.13. The maximum atomic E-state index is 12.6. The lowest BCUT2D eigenvalue weighted by Crippen LogP contribution is -2.32. The Labute approximate surface area is 129 Å². The van der Waals surface area contributed by atoms with Gasteiger partial charge in [0, 0.05) is 24.3 Å². The van der Waals surface area contributed by atoms with E-state index in [1.165, 1.54) is 4.90 Å². The molecule has 0 unspecified atom stereocenters. The summed E-state index contributed by atoms with van der Waals surface area (Å²) in [7, 11) is 0. The maximum absolute atomic E-state index is 12.6. The minimum atomic E-state index is -0.932. The van der Waals surface area contributed by atoms with Gasteiger partial charge in [-0.25, -0.2) is 0 Å². The molecular formula is C17H18N2O3. The van der Waals surface area contributed by atoms with Crippen molar-refractivity contribution in [2.45, 2.75) is 13.0 Å². The van der Waals surface area contributed by atoms with E-state index in [1.807, 2.05) is 30.3 Å². The van der Waals surface area contributed by atoms with Crippen molar-refractivity contribution < 1.29 is 14.7 Å². The minimum absolute atomic E-state index is 0.0963. The molecule has 0 fully saturated rings. The predicted octanol–water partition coefficient (Wildman–Crippen LogP) is 2.39. The van der Waals surface area contributed by atoms with Gasteiger partial charge in [-0.05, 0) is 23.8 Å². The molecule has 2 rings (SSSR count). The second-order valence-corrected chi connectivity index (χ2v) is 4.98. The quantitative estimate of drug-likeness (QED) is 0.802. The van der Waals surface area contributed by atoms with Crippen LogP contribution in [0.4, 0.5) is 5.69 Å². The van der Waals surface area contributed by atoms with Gasteiger partial charge in [-0.1, -0.05) is 36.4 Å². The first-order valence-electron chi connectivity index (χ1n) is 6.97. The fraction of sp³-hybridized carbons (Fsp3) is 0.176. The van der Waals surface area contributed by atoms with Gasteiger partial charge in [-0.3, -0.25) is 9.59 Å². The Bertz CT molecular complexity index is 656. The standard InChI is InChI=1S/C17H18N2O3/c18-15-8-4-7-14(11-15)17(22)19(10-9-16(20)21)12-13-5-2-1-3-6-13/h1-8,11H,9-10,12,18H2,(H,20,21). The average molecular weight is 298 g/mol. The number of carboxylic acid groups (broad SMARTS) is 1. The summed E-state index contributed by atoms with van der Waals surface area (Å²) in [6.07, 6.45) is -0.0963. The number of benzene rings is 2. The SMILES string of the molecule is Nc1cccc(C(=O)N(CCC(=O)O)Cc2ccccc2)c1. The molecule has 5 nitrogen and oxygen atoms in total. The van der Waals surface area contributed by atoms with Crippen molar-refractivity contribution in [1.82, 2.24) is 4.90 Å². The van der Waals surface area contributed by atoms with Gasteiger partial charge in [-0.15, -0.1) is 0 Å². The monoisotopic (exact) mass is 298 g/mol. The normalized spacial score (nSPS) is 10.2. The van der Waals surface area contributed by atoms with Crippen LogP contribution in [0.25, 0.3) is 0 Å². The number of rotatable bonds is 6. The molecule has 0 aliphatic heterocycles. The van der Waals surface area contributed by atoms with Crippen LogP contribution in [-0.2, 0) is 11.3 Å². The molecule has 0 radical (unpaired) electrons. The van der Waals surface area contributed by atoms with Crippen LogP contribution >= 0.6 is 0 Å². The first kappa shape index (κ1) is 15.6. The van der Waals surface area contributed by atoms with Crippen molar-refractivity contribution in [2.24, 2.45) is 0 Å². The molecule has 5 heteroatoms. The van der Waals surface area contributed by atoms with Crippen molar-refractivity contribution in [2.75, 3.05) is 12.3 Å². The Balaban J connectivity index is 2.19. The van der Waals surface area contributed by atoms with E-state index in [2.05, 4.69) is 0 Å². The zero-order chi connectivity index (χ0) is 15.9. The van der Waals surface area contributed by atoms with Crippen molar-refractivity contribution in [3.63, 3.8) is 0 Å². The molecule has 0 bridgehead atoms. The van der Waals surface area contributed by atoms with Crippen molar-refractivity contribution in [3.05, 3.63) is 65.7 Å².